The van der Waals surface area contributed by atoms with Crippen molar-refractivity contribution in [3.63, 3.8) is 0 Å². The molecule has 4 rings (SSSR count). The van der Waals surface area contributed by atoms with Gasteiger partial charge in [0.1, 0.15) is 6.04 Å². The van der Waals surface area contributed by atoms with Gasteiger partial charge in [-0.1, -0.05) is 38.1 Å². The average Bonchev–Trinajstić information content (AvgIpc) is 3.32. The lowest BCUT2D eigenvalue weighted by Crippen LogP contribution is -2.47. The van der Waals surface area contributed by atoms with Crippen LogP contribution in [0, 0.1) is 5.92 Å². The van der Waals surface area contributed by atoms with E-state index in [2.05, 4.69) is 22.8 Å². The molecule has 0 saturated heterocycles. The Kier molecular flexibility index (Phi) is 4.44. The Hall–Kier alpha value is -3.08. The fraction of sp³-hybridized carbons (Fsp3) is 0.273. The van der Waals surface area contributed by atoms with Crippen LogP contribution in [0.25, 0.3) is 10.8 Å². The fourth-order valence-electron chi connectivity index (χ4n) is 3.72. The van der Waals surface area contributed by atoms with Gasteiger partial charge in [0.2, 0.25) is 5.91 Å². The first-order valence-corrected chi connectivity index (χ1v) is 9.23. The summed E-state index contributed by atoms with van der Waals surface area (Å²) in [6.45, 7) is 3.81. The Morgan fingerprint density at radius 3 is 2.48 bits per heavy atom. The number of anilines is 1. The zero-order chi connectivity index (χ0) is 19.0. The van der Waals surface area contributed by atoms with E-state index in [1.807, 2.05) is 32.0 Å². The lowest BCUT2D eigenvalue weighted by atomic mass is 10.0. The van der Waals surface area contributed by atoms with Crippen LogP contribution in [-0.2, 0) is 17.6 Å². The molecule has 1 aromatic heterocycles. The molecule has 0 spiro atoms. The molecule has 5 heteroatoms. The molecule has 138 valence electrons. The van der Waals surface area contributed by atoms with Crippen molar-refractivity contribution in [3.05, 3.63) is 65.6 Å². The number of furan rings is 1. The van der Waals surface area contributed by atoms with Gasteiger partial charge in [0.05, 0.1) is 6.26 Å². The maximum atomic E-state index is 12.9. The van der Waals surface area contributed by atoms with Gasteiger partial charge in [0.25, 0.3) is 5.91 Å². The summed E-state index contributed by atoms with van der Waals surface area (Å²) in [5, 5.41) is 8.09. The minimum Gasteiger partial charge on any atom is -0.459 e. The third kappa shape index (κ3) is 3.21. The highest BCUT2D eigenvalue weighted by molar-refractivity contribution is 6.07. The third-order valence-corrected chi connectivity index (χ3v) is 5.12. The number of carbonyl (C=O) groups is 2. The predicted molar refractivity (Wildman–Crippen MR) is 105 cm³/mol. The van der Waals surface area contributed by atoms with Gasteiger partial charge in [-0.15, -0.1) is 0 Å². The predicted octanol–water partition coefficient (Wildman–Crippen LogP) is 3.92. The molecule has 1 heterocycles. The van der Waals surface area contributed by atoms with Crippen LogP contribution in [0.15, 0.2) is 53.1 Å². The van der Waals surface area contributed by atoms with E-state index in [0.29, 0.717) is 0 Å². The van der Waals surface area contributed by atoms with Crippen molar-refractivity contribution in [1.82, 2.24) is 5.32 Å². The summed E-state index contributed by atoms with van der Waals surface area (Å²) >= 11 is 0. The SMILES string of the molecule is CC(C)C(NC(=O)c1ccco1)C(=O)Nc1ccc2c3c(cccc13)CC2. The van der Waals surface area contributed by atoms with Gasteiger partial charge in [-0.3, -0.25) is 9.59 Å². The molecule has 1 atom stereocenters. The number of nitrogens with one attached hydrogen (secondary N) is 2. The molecular weight excluding hydrogens is 340 g/mol. The van der Waals surface area contributed by atoms with Crippen molar-refractivity contribution in [2.24, 2.45) is 5.92 Å². The summed E-state index contributed by atoms with van der Waals surface area (Å²) in [5.41, 5.74) is 3.43. The van der Waals surface area contributed by atoms with E-state index < -0.39 is 11.9 Å². The van der Waals surface area contributed by atoms with Gasteiger partial charge in [0, 0.05) is 11.1 Å². The molecule has 1 unspecified atom stereocenters. The summed E-state index contributed by atoms with van der Waals surface area (Å²) in [4.78, 5) is 25.2. The first-order chi connectivity index (χ1) is 13.0. The molecule has 2 aromatic carbocycles. The van der Waals surface area contributed by atoms with E-state index in [4.69, 9.17) is 4.42 Å². The second-order valence-electron chi connectivity index (χ2n) is 7.27. The molecule has 1 aliphatic carbocycles. The Balaban J connectivity index is 1.59. The van der Waals surface area contributed by atoms with Crippen molar-refractivity contribution < 1.29 is 14.0 Å². The van der Waals surface area contributed by atoms with E-state index in [9.17, 15) is 9.59 Å². The van der Waals surface area contributed by atoms with Crippen LogP contribution >= 0.6 is 0 Å². The number of rotatable bonds is 5. The number of hydrogen-bond donors (Lipinski definition) is 2. The van der Waals surface area contributed by atoms with Gasteiger partial charge in [0.15, 0.2) is 5.76 Å². The van der Waals surface area contributed by atoms with E-state index in [0.717, 1.165) is 23.9 Å². The summed E-state index contributed by atoms with van der Waals surface area (Å²) in [6.07, 6.45) is 3.52. The molecular formula is C22H22N2O3. The Labute approximate surface area is 157 Å². The van der Waals surface area contributed by atoms with E-state index in [1.54, 1.807) is 12.1 Å². The fourth-order valence-corrected chi connectivity index (χ4v) is 3.72. The maximum Gasteiger partial charge on any atom is 0.287 e. The van der Waals surface area contributed by atoms with Gasteiger partial charge < -0.3 is 15.1 Å². The van der Waals surface area contributed by atoms with Crippen molar-refractivity contribution in [3.8, 4) is 0 Å². The molecule has 0 bridgehead atoms. The molecule has 0 fully saturated rings. The second-order valence-corrected chi connectivity index (χ2v) is 7.27. The van der Waals surface area contributed by atoms with Crippen LogP contribution < -0.4 is 10.6 Å². The van der Waals surface area contributed by atoms with Crippen LogP contribution in [0.4, 0.5) is 5.69 Å². The van der Waals surface area contributed by atoms with Crippen molar-refractivity contribution >= 4 is 28.3 Å². The summed E-state index contributed by atoms with van der Waals surface area (Å²) in [6, 6.07) is 12.8. The number of carbonyl (C=O) groups excluding carboxylic acids is 2. The maximum absolute atomic E-state index is 12.9. The smallest absolute Gasteiger partial charge is 0.287 e. The van der Waals surface area contributed by atoms with Crippen molar-refractivity contribution in [2.75, 3.05) is 5.32 Å². The molecule has 0 aliphatic heterocycles. The Bertz CT molecular complexity index is 996. The zero-order valence-corrected chi connectivity index (χ0v) is 15.4. The minimum atomic E-state index is -0.661. The molecule has 3 aromatic rings. The van der Waals surface area contributed by atoms with Gasteiger partial charge >= 0.3 is 0 Å². The molecule has 2 N–H and O–H groups in total. The minimum absolute atomic E-state index is 0.0688. The number of amides is 2. The van der Waals surface area contributed by atoms with Gasteiger partial charge in [-0.25, -0.2) is 0 Å². The van der Waals surface area contributed by atoms with Crippen LogP contribution in [-0.4, -0.2) is 17.9 Å². The summed E-state index contributed by atoms with van der Waals surface area (Å²) in [5.74, 6) is -0.502. The standard InChI is InChI=1S/C22H22N2O3/c1-13(2)20(24-21(25)18-7-4-12-27-18)22(26)23-17-11-10-15-9-8-14-5-3-6-16(17)19(14)15/h3-7,10-13,20H,8-9H2,1-2H3,(H,23,26)(H,24,25). The third-order valence-electron chi connectivity index (χ3n) is 5.12. The van der Waals surface area contributed by atoms with Gasteiger partial charge in [-0.2, -0.15) is 0 Å². The topological polar surface area (TPSA) is 71.3 Å². The van der Waals surface area contributed by atoms with Gasteiger partial charge in [-0.05, 0) is 53.5 Å². The quantitative estimate of drug-likeness (QED) is 0.722. The number of benzene rings is 2. The molecule has 27 heavy (non-hydrogen) atoms. The largest absolute Gasteiger partial charge is 0.459 e. The normalized spacial score (nSPS) is 13.7. The molecule has 0 radical (unpaired) electrons. The van der Waals surface area contributed by atoms with E-state index >= 15 is 0 Å². The number of aryl methyl sites for hydroxylation is 2. The molecule has 0 saturated carbocycles. The highest BCUT2D eigenvalue weighted by Gasteiger charge is 2.26. The average molecular weight is 362 g/mol. The first kappa shape index (κ1) is 17.3. The van der Waals surface area contributed by atoms with Crippen LogP contribution in [0.5, 0.6) is 0 Å². The molecule has 2 amide bonds. The van der Waals surface area contributed by atoms with E-state index in [1.165, 1.54) is 22.8 Å². The van der Waals surface area contributed by atoms with Crippen molar-refractivity contribution in [2.45, 2.75) is 32.7 Å². The van der Waals surface area contributed by atoms with Crippen LogP contribution in [0.2, 0.25) is 0 Å². The summed E-state index contributed by atoms with van der Waals surface area (Å²) in [7, 11) is 0. The summed E-state index contributed by atoms with van der Waals surface area (Å²) < 4.78 is 5.12. The lowest BCUT2D eigenvalue weighted by Gasteiger charge is -2.22. The monoisotopic (exact) mass is 362 g/mol. The Morgan fingerprint density at radius 1 is 1.00 bits per heavy atom. The Morgan fingerprint density at radius 2 is 1.78 bits per heavy atom. The number of hydrogen-bond acceptors (Lipinski definition) is 3. The highest BCUT2D eigenvalue weighted by Crippen LogP contribution is 2.35. The van der Waals surface area contributed by atoms with Crippen LogP contribution in [0.3, 0.4) is 0 Å². The highest BCUT2D eigenvalue weighted by atomic mass is 16.3. The molecule has 1 aliphatic rings. The first-order valence-electron chi connectivity index (χ1n) is 9.23. The zero-order valence-electron chi connectivity index (χ0n) is 15.4. The van der Waals surface area contributed by atoms with Crippen LogP contribution in [0.1, 0.15) is 35.5 Å². The van der Waals surface area contributed by atoms with Crippen molar-refractivity contribution in [1.29, 1.82) is 0 Å². The lowest BCUT2D eigenvalue weighted by molar-refractivity contribution is -0.118. The molecule has 5 nitrogen and oxygen atoms in total. The van der Waals surface area contributed by atoms with E-state index in [-0.39, 0.29) is 17.6 Å². The second kappa shape index (κ2) is 6.91.